The van der Waals surface area contributed by atoms with Crippen molar-refractivity contribution in [3.8, 4) is 11.5 Å². The normalized spacial score (nSPS) is 11.3. The molecule has 0 spiro atoms. The van der Waals surface area contributed by atoms with Gasteiger partial charge in [0.15, 0.2) is 6.04 Å². The Labute approximate surface area is 174 Å². The maximum atomic E-state index is 12.0. The Morgan fingerprint density at radius 2 is 1.83 bits per heavy atom. The Kier molecular flexibility index (Phi) is 8.04. The molecular formula is C21H25N3O6. The van der Waals surface area contributed by atoms with E-state index in [2.05, 4.69) is 5.32 Å². The number of hydrogen-bond donors (Lipinski definition) is 4. The maximum absolute atomic E-state index is 12.0. The lowest BCUT2D eigenvalue weighted by atomic mass is 10.0. The van der Waals surface area contributed by atoms with Gasteiger partial charge in [0.2, 0.25) is 0 Å². The van der Waals surface area contributed by atoms with Crippen molar-refractivity contribution in [2.24, 2.45) is 5.73 Å². The van der Waals surface area contributed by atoms with Gasteiger partial charge in [-0.1, -0.05) is 0 Å². The van der Waals surface area contributed by atoms with Gasteiger partial charge in [0.1, 0.15) is 30.5 Å². The number of ether oxygens (including phenoxy) is 3. The second-order valence-electron chi connectivity index (χ2n) is 6.23. The number of rotatable bonds is 11. The molecule has 9 heteroatoms. The summed E-state index contributed by atoms with van der Waals surface area (Å²) in [6.07, 6.45) is 0. The Bertz CT molecular complexity index is 898. The van der Waals surface area contributed by atoms with Crippen molar-refractivity contribution in [2.45, 2.75) is 19.9 Å². The van der Waals surface area contributed by atoms with E-state index in [4.69, 9.17) is 25.4 Å². The third-order valence-electron chi connectivity index (χ3n) is 4.00. The highest BCUT2D eigenvalue weighted by Gasteiger charge is 2.24. The first-order chi connectivity index (χ1) is 14.3. The average Bonchev–Trinajstić information content (AvgIpc) is 2.70. The van der Waals surface area contributed by atoms with E-state index in [-0.39, 0.29) is 19.0 Å². The molecule has 0 fully saturated rings. The van der Waals surface area contributed by atoms with Gasteiger partial charge >= 0.3 is 11.9 Å². The zero-order valence-corrected chi connectivity index (χ0v) is 16.8. The van der Waals surface area contributed by atoms with Gasteiger partial charge in [0.05, 0.1) is 6.61 Å². The van der Waals surface area contributed by atoms with Gasteiger partial charge in [0, 0.05) is 23.7 Å². The Morgan fingerprint density at radius 1 is 1.13 bits per heavy atom. The van der Waals surface area contributed by atoms with Crippen LogP contribution in [-0.2, 0) is 14.3 Å². The molecule has 0 saturated carbocycles. The minimum Gasteiger partial charge on any atom is -0.494 e. The number of esters is 1. The van der Waals surface area contributed by atoms with E-state index in [0.29, 0.717) is 34.9 Å². The van der Waals surface area contributed by atoms with Crippen LogP contribution >= 0.6 is 0 Å². The first-order valence-corrected chi connectivity index (χ1v) is 9.28. The van der Waals surface area contributed by atoms with Crippen molar-refractivity contribution in [3.05, 3.63) is 53.6 Å². The van der Waals surface area contributed by atoms with Gasteiger partial charge in [-0.2, -0.15) is 0 Å². The van der Waals surface area contributed by atoms with E-state index in [9.17, 15) is 14.7 Å². The van der Waals surface area contributed by atoms with Gasteiger partial charge in [0.25, 0.3) is 0 Å². The molecule has 2 aromatic rings. The molecule has 0 radical (unpaired) electrons. The van der Waals surface area contributed by atoms with Crippen molar-refractivity contribution in [3.63, 3.8) is 0 Å². The summed E-state index contributed by atoms with van der Waals surface area (Å²) in [6.45, 7) is 3.65. The van der Waals surface area contributed by atoms with E-state index in [1.54, 1.807) is 42.5 Å². The van der Waals surface area contributed by atoms with Crippen molar-refractivity contribution in [1.29, 1.82) is 5.41 Å². The number of nitrogens with one attached hydrogen (secondary N) is 2. The summed E-state index contributed by atoms with van der Waals surface area (Å²) in [7, 11) is 0. The van der Waals surface area contributed by atoms with Gasteiger partial charge < -0.3 is 30.4 Å². The molecule has 30 heavy (non-hydrogen) atoms. The highest BCUT2D eigenvalue weighted by Crippen LogP contribution is 2.32. The molecule has 0 bridgehead atoms. The number of carbonyl (C=O) groups is 2. The molecule has 0 aliphatic heterocycles. The summed E-state index contributed by atoms with van der Waals surface area (Å²) >= 11 is 0. The van der Waals surface area contributed by atoms with E-state index in [0.717, 1.165) is 0 Å². The molecule has 1 atom stereocenters. The Hall–Kier alpha value is -3.75. The van der Waals surface area contributed by atoms with Crippen molar-refractivity contribution < 1.29 is 28.9 Å². The first-order valence-electron chi connectivity index (χ1n) is 9.28. The SMILES string of the molecule is CCOc1ccc(OCCOC(C)=O)c(C(Nc2ccc(C(=N)N)cc2)C(=O)O)c1. The molecule has 0 saturated heterocycles. The quantitative estimate of drug-likeness (QED) is 0.190. The molecule has 0 aliphatic rings. The largest absolute Gasteiger partial charge is 0.494 e. The van der Waals surface area contributed by atoms with E-state index in [1.807, 2.05) is 6.92 Å². The van der Waals surface area contributed by atoms with Crippen LogP contribution in [0.15, 0.2) is 42.5 Å². The van der Waals surface area contributed by atoms with Crippen molar-refractivity contribution in [1.82, 2.24) is 0 Å². The summed E-state index contributed by atoms with van der Waals surface area (Å²) < 4.78 is 16.0. The fourth-order valence-electron chi connectivity index (χ4n) is 2.66. The van der Waals surface area contributed by atoms with Crippen LogP contribution in [0.1, 0.15) is 31.0 Å². The summed E-state index contributed by atoms with van der Waals surface area (Å²) in [6, 6.07) is 10.3. The van der Waals surface area contributed by atoms with Crippen LogP contribution in [0.5, 0.6) is 11.5 Å². The molecule has 2 rings (SSSR count). The summed E-state index contributed by atoms with van der Waals surface area (Å²) in [5.74, 6) is -0.802. The predicted octanol–water partition coefficient (Wildman–Crippen LogP) is 2.55. The van der Waals surface area contributed by atoms with Crippen LogP contribution in [-0.4, -0.2) is 42.7 Å². The average molecular weight is 415 g/mol. The van der Waals surface area contributed by atoms with Crippen LogP contribution in [0.4, 0.5) is 5.69 Å². The number of carboxylic acids is 1. The third kappa shape index (κ3) is 6.40. The second-order valence-corrected chi connectivity index (χ2v) is 6.23. The van der Waals surface area contributed by atoms with Gasteiger partial charge in [-0.3, -0.25) is 10.2 Å². The molecular weight excluding hydrogens is 390 g/mol. The molecule has 9 nitrogen and oxygen atoms in total. The number of carbonyl (C=O) groups excluding carboxylic acids is 1. The van der Waals surface area contributed by atoms with Crippen molar-refractivity contribution >= 4 is 23.5 Å². The van der Waals surface area contributed by atoms with Crippen LogP contribution in [0.25, 0.3) is 0 Å². The van der Waals surface area contributed by atoms with Crippen LogP contribution in [0, 0.1) is 5.41 Å². The summed E-state index contributed by atoms with van der Waals surface area (Å²) in [4.78, 5) is 22.9. The molecule has 0 aromatic heterocycles. The maximum Gasteiger partial charge on any atom is 0.330 e. The minimum atomic E-state index is -1.14. The second kappa shape index (κ2) is 10.7. The van der Waals surface area contributed by atoms with Crippen LogP contribution < -0.4 is 20.5 Å². The number of nitrogens with two attached hydrogens (primary N) is 1. The zero-order valence-electron chi connectivity index (χ0n) is 16.8. The molecule has 5 N–H and O–H groups in total. The van der Waals surface area contributed by atoms with Gasteiger partial charge in [-0.15, -0.1) is 0 Å². The Balaban J connectivity index is 2.30. The standard InChI is InChI=1S/C21H25N3O6/c1-3-28-16-8-9-18(30-11-10-29-13(2)25)17(12-16)19(21(26)27)24-15-6-4-14(5-7-15)20(22)23/h4-9,12,19,24H,3,10-11H2,1-2H3,(H3,22,23)(H,26,27). The van der Waals surface area contributed by atoms with Crippen molar-refractivity contribution in [2.75, 3.05) is 25.1 Å². The van der Waals surface area contributed by atoms with E-state index in [1.165, 1.54) is 6.92 Å². The molecule has 0 aliphatic carbocycles. The lowest BCUT2D eigenvalue weighted by Gasteiger charge is -2.21. The lowest BCUT2D eigenvalue weighted by molar-refractivity contribution is -0.141. The number of carboxylic acid groups (broad SMARTS) is 1. The van der Waals surface area contributed by atoms with Gasteiger partial charge in [-0.05, 0) is 49.4 Å². The number of anilines is 1. The number of aliphatic carboxylic acids is 1. The summed E-state index contributed by atoms with van der Waals surface area (Å²) in [5.41, 5.74) is 6.86. The smallest absolute Gasteiger partial charge is 0.330 e. The topological polar surface area (TPSA) is 144 Å². The molecule has 1 unspecified atom stereocenters. The monoisotopic (exact) mass is 415 g/mol. The number of amidine groups is 1. The van der Waals surface area contributed by atoms with Crippen LogP contribution in [0.2, 0.25) is 0 Å². The zero-order chi connectivity index (χ0) is 22.1. The predicted molar refractivity (Wildman–Crippen MR) is 111 cm³/mol. The first kappa shape index (κ1) is 22.5. The number of benzene rings is 2. The molecule has 0 amide bonds. The summed E-state index contributed by atoms with van der Waals surface area (Å²) in [5, 5.41) is 20.2. The molecule has 160 valence electrons. The minimum absolute atomic E-state index is 0.0413. The van der Waals surface area contributed by atoms with E-state index >= 15 is 0 Å². The Morgan fingerprint density at radius 3 is 2.40 bits per heavy atom. The highest BCUT2D eigenvalue weighted by atomic mass is 16.6. The van der Waals surface area contributed by atoms with Crippen LogP contribution in [0.3, 0.4) is 0 Å². The number of hydrogen-bond acceptors (Lipinski definition) is 7. The fraction of sp³-hybridized carbons (Fsp3) is 0.286. The third-order valence-corrected chi connectivity index (χ3v) is 4.00. The molecule has 0 heterocycles. The molecule has 2 aromatic carbocycles. The fourth-order valence-corrected chi connectivity index (χ4v) is 2.66. The van der Waals surface area contributed by atoms with Gasteiger partial charge in [-0.25, -0.2) is 4.79 Å². The number of nitrogen functional groups attached to an aromatic ring is 1. The lowest BCUT2D eigenvalue weighted by Crippen LogP contribution is -2.22. The van der Waals surface area contributed by atoms with E-state index < -0.39 is 18.0 Å². The highest BCUT2D eigenvalue weighted by molar-refractivity contribution is 5.95.